The van der Waals surface area contributed by atoms with E-state index in [1.54, 1.807) is 37.5 Å². The van der Waals surface area contributed by atoms with Crippen molar-refractivity contribution in [2.75, 3.05) is 13.2 Å². The van der Waals surface area contributed by atoms with Crippen molar-refractivity contribution >= 4 is 23.8 Å². The Balaban J connectivity index is 1.43. The number of hydrogen-bond donors (Lipinski definition) is 2. The molecule has 0 saturated carbocycles. The summed E-state index contributed by atoms with van der Waals surface area (Å²) in [7, 11) is 0. The predicted octanol–water partition coefficient (Wildman–Crippen LogP) is 4.40. The van der Waals surface area contributed by atoms with Crippen molar-refractivity contribution in [3.8, 4) is 0 Å². The fourth-order valence-electron chi connectivity index (χ4n) is 4.89. The highest BCUT2D eigenvalue weighted by atomic mass is 16.6. The summed E-state index contributed by atoms with van der Waals surface area (Å²) in [5.74, 6) is -3.77. The number of hydrogen-bond acceptors (Lipinski definition) is 8. The number of carboxylic acid groups (broad SMARTS) is 2. The quantitative estimate of drug-likeness (QED) is 0.142. The summed E-state index contributed by atoms with van der Waals surface area (Å²) in [4.78, 5) is 46.5. The Hall–Kier alpha value is -5.26. The summed E-state index contributed by atoms with van der Waals surface area (Å²) in [6.45, 7) is 4.42. The van der Waals surface area contributed by atoms with E-state index >= 15 is 0 Å². The first kappa shape index (κ1) is 28.7. The summed E-state index contributed by atoms with van der Waals surface area (Å²) >= 11 is 0. The van der Waals surface area contributed by atoms with Crippen LogP contribution in [-0.4, -0.2) is 60.9 Å². The van der Waals surface area contributed by atoms with E-state index in [9.17, 15) is 29.9 Å². The molecule has 12 nitrogen and oxygen atoms in total. The van der Waals surface area contributed by atoms with E-state index in [-0.39, 0.29) is 35.5 Å². The summed E-state index contributed by atoms with van der Waals surface area (Å²) in [6, 6.07) is 13.2. The minimum atomic E-state index is -1.30. The molecule has 1 aliphatic heterocycles. The SMILES string of the molecule is CC1=C(C(=O)O)C(c2cccc([N+](=O)[O-])c2)C(C(=O)O)=C(C)N1CCCON=Cc1ccc(Cn2ccnc2)cc1. The highest BCUT2D eigenvalue weighted by Crippen LogP contribution is 2.42. The zero-order valence-corrected chi connectivity index (χ0v) is 22.5. The van der Waals surface area contributed by atoms with Crippen molar-refractivity contribution in [3.05, 3.63) is 117 Å². The minimum absolute atomic E-state index is 0.149. The van der Waals surface area contributed by atoms with E-state index in [4.69, 9.17) is 4.84 Å². The van der Waals surface area contributed by atoms with Crippen molar-refractivity contribution in [2.24, 2.45) is 5.16 Å². The molecule has 0 bridgehead atoms. The maximum atomic E-state index is 12.4. The number of aromatic nitrogens is 2. The third kappa shape index (κ3) is 6.67. The molecule has 0 radical (unpaired) electrons. The van der Waals surface area contributed by atoms with Gasteiger partial charge in [-0.3, -0.25) is 10.1 Å². The second-order valence-electron chi connectivity index (χ2n) is 9.44. The first-order chi connectivity index (χ1) is 19.7. The second kappa shape index (κ2) is 12.7. The van der Waals surface area contributed by atoms with E-state index in [0.29, 0.717) is 24.4 Å². The summed E-state index contributed by atoms with van der Waals surface area (Å²) in [6.07, 6.45) is 7.39. The highest BCUT2D eigenvalue weighted by Gasteiger charge is 2.39. The number of aliphatic carboxylic acids is 2. The van der Waals surface area contributed by atoms with Gasteiger partial charge in [0.15, 0.2) is 0 Å². The number of nitrogens with zero attached hydrogens (tertiary/aromatic N) is 5. The standard InChI is InChI=1S/C29H29N5O7/c1-19-25(28(35)36)27(23-5-3-6-24(15-23)34(39)40)26(29(37)38)20(2)33(19)12-4-14-41-31-16-21-7-9-22(10-8-21)17-32-13-11-30-18-32/h3,5-11,13,15-16,18,27H,4,12,14,17H2,1-2H3,(H,35,36)(H,37,38). The lowest BCUT2D eigenvalue weighted by Crippen LogP contribution is -2.35. The van der Waals surface area contributed by atoms with Crippen LogP contribution in [0.3, 0.4) is 0 Å². The van der Waals surface area contributed by atoms with Gasteiger partial charge < -0.3 is 24.5 Å². The lowest BCUT2D eigenvalue weighted by Gasteiger charge is -2.37. The van der Waals surface area contributed by atoms with Crippen LogP contribution in [-0.2, 0) is 21.0 Å². The average Bonchev–Trinajstić information content (AvgIpc) is 3.45. The van der Waals surface area contributed by atoms with Gasteiger partial charge in [-0.25, -0.2) is 14.6 Å². The summed E-state index contributed by atoms with van der Waals surface area (Å²) < 4.78 is 1.97. The molecule has 0 aliphatic carbocycles. The van der Waals surface area contributed by atoms with Crippen LogP contribution in [0.15, 0.2) is 94.9 Å². The van der Waals surface area contributed by atoms with Gasteiger partial charge in [-0.1, -0.05) is 41.6 Å². The average molecular weight is 560 g/mol. The molecular weight excluding hydrogens is 530 g/mol. The van der Waals surface area contributed by atoms with Gasteiger partial charge in [0.25, 0.3) is 5.69 Å². The molecule has 0 atom stereocenters. The van der Waals surface area contributed by atoms with Gasteiger partial charge >= 0.3 is 11.9 Å². The molecule has 4 rings (SSSR count). The molecule has 41 heavy (non-hydrogen) atoms. The Morgan fingerprint density at radius 2 is 1.78 bits per heavy atom. The predicted molar refractivity (Wildman–Crippen MR) is 149 cm³/mol. The molecule has 3 aromatic rings. The largest absolute Gasteiger partial charge is 0.478 e. The smallest absolute Gasteiger partial charge is 0.334 e. The first-order valence-electron chi connectivity index (χ1n) is 12.8. The fraction of sp³-hybridized carbons (Fsp3) is 0.241. The van der Waals surface area contributed by atoms with Gasteiger partial charge in [-0.15, -0.1) is 0 Å². The van der Waals surface area contributed by atoms with Crippen LogP contribution in [0, 0.1) is 10.1 Å². The number of non-ortho nitro benzene ring substituents is 1. The van der Waals surface area contributed by atoms with E-state index in [2.05, 4.69) is 10.1 Å². The van der Waals surface area contributed by atoms with Gasteiger partial charge in [0.05, 0.1) is 34.5 Å². The topological polar surface area (TPSA) is 160 Å². The third-order valence-electron chi connectivity index (χ3n) is 6.84. The number of nitro benzene ring substituents is 1. The zero-order chi connectivity index (χ0) is 29.5. The molecule has 1 aliphatic rings. The number of rotatable bonds is 12. The number of carboxylic acids is 2. The van der Waals surface area contributed by atoms with Crippen molar-refractivity contribution in [3.63, 3.8) is 0 Å². The van der Waals surface area contributed by atoms with Gasteiger partial charge in [0, 0.05) is 55.4 Å². The Morgan fingerprint density at radius 3 is 2.37 bits per heavy atom. The number of benzene rings is 2. The molecule has 12 heteroatoms. The third-order valence-corrected chi connectivity index (χ3v) is 6.84. The van der Waals surface area contributed by atoms with Crippen LogP contribution in [0.2, 0.25) is 0 Å². The van der Waals surface area contributed by atoms with Crippen LogP contribution in [0.25, 0.3) is 0 Å². The second-order valence-corrected chi connectivity index (χ2v) is 9.44. The number of oxime groups is 1. The van der Waals surface area contributed by atoms with E-state index in [0.717, 1.165) is 11.1 Å². The number of carbonyl (C=O) groups is 2. The molecular formula is C29H29N5O7. The maximum absolute atomic E-state index is 12.4. The first-order valence-corrected chi connectivity index (χ1v) is 12.8. The van der Waals surface area contributed by atoms with E-state index in [1.807, 2.05) is 35.0 Å². The van der Waals surface area contributed by atoms with Crippen molar-refractivity contribution < 1.29 is 29.6 Å². The van der Waals surface area contributed by atoms with Crippen LogP contribution in [0.1, 0.15) is 42.9 Å². The molecule has 0 unspecified atom stereocenters. The molecule has 0 spiro atoms. The lowest BCUT2D eigenvalue weighted by atomic mass is 9.79. The van der Waals surface area contributed by atoms with E-state index < -0.39 is 22.8 Å². The molecule has 2 aromatic carbocycles. The molecule has 2 heterocycles. The molecule has 0 fully saturated rings. The Kier molecular flexibility index (Phi) is 8.92. The molecule has 212 valence electrons. The van der Waals surface area contributed by atoms with Crippen molar-refractivity contribution in [1.82, 2.24) is 14.5 Å². The maximum Gasteiger partial charge on any atom is 0.334 e. The van der Waals surface area contributed by atoms with Gasteiger partial charge in [-0.05, 0) is 30.5 Å². The fourth-order valence-corrected chi connectivity index (χ4v) is 4.89. The normalized spacial score (nSPS) is 14.1. The summed E-state index contributed by atoms with van der Waals surface area (Å²) in [5, 5.41) is 35.4. The summed E-state index contributed by atoms with van der Waals surface area (Å²) in [5.41, 5.74) is 2.36. The monoisotopic (exact) mass is 559 g/mol. The Morgan fingerprint density at radius 1 is 1.10 bits per heavy atom. The minimum Gasteiger partial charge on any atom is -0.478 e. The highest BCUT2D eigenvalue weighted by molar-refractivity contribution is 5.98. The van der Waals surface area contributed by atoms with Crippen LogP contribution in [0.5, 0.6) is 0 Å². The van der Waals surface area contributed by atoms with Gasteiger partial charge in [-0.2, -0.15) is 0 Å². The Bertz CT molecular complexity index is 1490. The lowest BCUT2D eigenvalue weighted by molar-refractivity contribution is -0.384. The number of allylic oxidation sites excluding steroid dienone is 2. The number of imidazole rings is 1. The van der Waals surface area contributed by atoms with Gasteiger partial charge in [0.2, 0.25) is 0 Å². The molecule has 0 saturated heterocycles. The van der Waals surface area contributed by atoms with Crippen molar-refractivity contribution in [2.45, 2.75) is 32.7 Å². The zero-order valence-electron chi connectivity index (χ0n) is 22.5. The Labute approximate surface area is 235 Å². The molecule has 1 aromatic heterocycles. The van der Waals surface area contributed by atoms with Crippen molar-refractivity contribution in [1.29, 1.82) is 0 Å². The number of nitro groups is 1. The van der Waals surface area contributed by atoms with Crippen LogP contribution >= 0.6 is 0 Å². The molecule has 0 amide bonds. The van der Waals surface area contributed by atoms with E-state index in [1.165, 1.54) is 24.3 Å². The van der Waals surface area contributed by atoms with Crippen LogP contribution in [0.4, 0.5) is 5.69 Å². The molecule has 2 N–H and O–H groups in total. The van der Waals surface area contributed by atoms with Gasteiger partial charge in [0.1, 0.15) is 6.61 Å². The van der Waals surface area contributed by atoms with Crippen LogP contribution < -0.4 is 0 Å².